The first-order valence-corrected chi connectivity index (χ1v) is 7.10. The topological polar surface area (TPSA) is 29.5 Å². The Morgan fingerprint density at radius 3 is 2.63 bits per heavy atom. The van der Waals surface area contributed by atoms with E-state index in [1.807, 2.05) is 24.0 Å². The van der Waals surface area contributed by atoms with E-state index in [-0.39, 0.29) is 5.91 Å². The van der Waals surface area contributed by atoms with Crippen molar-refractivity contribution in [3.05, 3.63) is 28.3 Å². The lowest BCUT2D eigenvalue weighted by molar-refractivity contribution is -0.131. The van der Waals surface area contributed by atoms with E-state index >= 15 is 0 Å². The quantitative estimate of drug-likeness (QED) is 0.851. The van der Waals surface area contributed by atoms with Gasteiger partial charge in [-0.15, -0.1) is 0 Å². The number of carbonyl (C=O) groups excluding carboxylic acids is 1. The first-order valence-electron chi connectivity index (χ1n) is 6.72. The van der Waals surface area contributed by atoms with Crippen molar-refractivity contribution in [2.75, 3.05) is 20.2 Å². The van der Waals surface area contributed by atoms with E-state index in [0.29, 0.717) is 11.4 Å². The lowest BCUT2D eigenvalue weighted by Crippen LogP contribution is -2.36. The van der Waals surface area contributed by atoms with E-state index in [0.717, 1.165) is 42.8 Å². The highest BCUT2D eigenvalue weighted by Gasteiger charge is 2.18. The van der Waals surface area contributed by atoms with Crippen molar-refractivity contribution in [2.24, 2.45) is 0 Å². The number of hydrogen-bond donors (Lipinski definition) is 0. The summed E-state index contributed by atoms with van der Waals surface area (Å²) in [5.41, 5.74) is 1.83. The van der Waals surface area contributed by atoms with Crippen molar-refractivity contribution in [1.29, 1.82) is 0 Å². The van der Waals surface area contributed by atoms with Crippen LogP contribution in [0.3, 0.4) is 0 Å². The summed E-state index contributed by atoms with van der Waals surface area (Å²) < 4.78 is 5.34. The van der Waals surface area contributed by atoms with Crippen LogP contribution in [-0.4, -0.2) is 31.0 Å². The van der Waals surface area contributed by atoms with Crippen molar-refractivity contribution >= 4 is 17.5 Å². The number of halogens is 1. The second-order valence-corrected chi connectivity index (χ2v) is 5.44. The van der Waals surface area contributed by atoms with Crippen LogP contribution in [-0.2, 0) is 11.2 Å². The maximum Gasteiger partial charge on any atom is 0.227 e. The molecule has 1 amide bonds. The average Bonchev–Trinajstić information content (AvgIpc) is 2.43. The number of ether oxygens (including phenoxy) is 1. The number of nitrogens with zero attached hydrogens (tertiary/aromatic N) is 1. The number of methoxy groups -OCH3 is 1. The SMILES string of the molecule is COc1cc(C)c(Cl)cc1CC(=O)N1CCCCC1. The highest BCUT2D eigenvalue weighted by Crippen LogP contribution is 2.27. The monoisotopic (exact) mass is 281 g/mol. The molecule has 0 atom stereocenters. The first kappa shape index (κ1) is 14.2. The molecule has 0 aromatic heterocycles. The van der Waals surface area contributed by atoms with Gasteiger partial charge in [0.2, 0.25) is 5.91 Å². The molecule has 1 aromatic rings. The number of carbonyl (C=O) groups is 1. The maximum absolute atomic E-state index is 12.3. The molecule has 0 radical (unpaired) electrons. The summed E-state index contributed by atoms with van der Waals surface area (Å²) in [5, 5.41) is 0.683. The third-order valence-corrected chi connectivity index (χ3v) is 4.02. The number of hydrogen-bond acceptors (Lipinski definition) is 2. The van der Waals surface area contributed by atoms with Gasteiger partial charge in [0.15, 0.2) is 0 Å². The molecule has 1 aliphatic rings. The Labute approximate surface area is 119 Å². The standard InChI is InChI=1S/C15H20ClNO2/c1-11-8-14(19-2)12(9-13(11)16)10-15(18)17-6-4-3-5-7-17/h8-9H,3-7,10H2,1-2H3. The maximum atomic E-state index is 12.3. The number of aryl methyl sites for hydroxylation is 1. The van der Waals surface area contributed by atoms with E-state index in [1.165, 1.54) is 6.42 Å². The molecular weight excluding hydrogens is 262 g/mol. The largest absolute Gasteiger partial charge is 0.496 e. The van der Waals surface area contributed by atoms with Gasteiger partial charge in [0, 0.05) is 23.7 Å². The summed E-state index contributed by atoms with van der Waals surface area (Å²) in [7, 11) is 1.62. The molecule has 0 saturated carbocycles. The molecule has 0 unspecified atom stereocenters. The van der Waals surface area contributed by atoms with Gasteiger partial charge in [-0.05, 0) is 43.9 Å². The van der Waals surface area contributed by atoms with E-state index in [9.17, 15) is 4.79 Å². The van der Waals surface area contributed by atoms with Crippen LogP contribution in [0.15, 0.2) is 12.1 Å². The number of rotatable bonds is 3. The fraction of sp³-hybridized carbons (Fsp3) is 0.533. The summed E-state index contributed by atoms with van der Waals surface area (Å²) in [6.45, 7) is 3.68. The Bertz CT molecular complexity index is 467. The molecule has 19 heavy (non-hydrogen) atoms. The third kappa shape index (κ3) is 3.41. The minimum absolute atomic E-state index is 0.165. The lowest BCUT2D eigenvalue weighted by Gasteiger charge is -2.27. The smallest absolute Gasteiger partial charge is 0.227 e. The van der Waals surface area contributed by atoms with Crippen LogP contribution in [0, 0.1) is 6.92 Å². The first-order chi connectivity index (χ1) is 9.11. The number of benzene rings is 1. The van der Waals surface area contributed by atoms with Crippen molar-refractivity contribution in [3.63, 3.8) is 0 Å². The van der Waals surface area contributed by atoms with Gasteiger partial charge in [-0.25, -0.2) is 0 Å². The summed E-state index contributed by atoms with van der Waals surface area (Å²) >= 11 is 6.13. The van der Waals surface area contributed by atoms with Gasteiger partial charge in [-0.1, -0.05) is 11.6 Å². The Balaban J connectivity index is 2.13. The van der Waals surface area contributed by atoms with Gasteiger partial charge in [0.05, 0.1) is 13.5 Å². The summed E-state index contributed by atoms with van der Waals surface area (Å²) in [6.07, 6.45) is 3.81. The highest BCUT2D eigenvalue weighted by atomic mass is 35.5. The number of amides is 1. The van der Waals surface area contributed by atoms with Crippen LogP contribution in [0.2, 0.25) is 5.02 Å². The van der Waals surface area contributed by atoms with Crippen LogP contribution in [0.4, 0.5) is 0 Å². The zero-order chi connectivity index (χ0) is 13.8. The minimum atomic E-state index is 0.165. The molecule has 3 nitrogen and oxygen atoms in total. The van der Waals surface area contributed by atoms with Gasteiger partial charge >= 0.3 is 0 Å². The van der Waals surface area contributed by atoms with Gasteiger partial charge in [0.1, 0.15) is 5.75 Å². The predicted molar refractivity (Wildman–Crippen MR) is 76.9 cm³/mol. The zero-order valence-electron chi connectivity index (χ0n) is 11.5. The van der Waals surface area contributed by atoms with E-state index in [1.54, 1.807) is 7.11 Å². The molecule has 0 aliphatic carbocycles. The molecule has 1 heterocycles. The molecule has 1 aromatic carbocycles. The molecule has 1 saturated heterocycles. The molecular formula is C15H20ClNO2. The van der Waals surface area contributed by atoms with Gasteiger partial charge in [0.25, 0.3) is 0 Å². The van der Waals surface area contributed by atoms with Gasteiger partial charge in [-0.2, -0.15) is 0 Å². The van der Waals surface area contributed by atoms with Crippen LogP contribution < -0.4 is 4.74 Å². The molecule has 104 valence electrons. The Kier molecular flexibility index (Phi) is 4.70. The molecule has 1 aliphatic heterocycles. The molecule has 2 rings (SSSR count). The average molecular weight is 282 g/mol. The van der Waals surface area contributed by atoms with Gasteiger partial charge < -0.3 is 9.64 Å². The Morgan fingerprint density at radius 2 is 2.00 bits per heavy atom. The summed E-state index contributed by atoms with van der Waals surface area (Å²) in [6, 6.07) is 3.73. The van der Waals surface area contributed by atoms with Crippen molar-refractivity contribution in [2.45, 2.75) is 32.6 Å². The summed E-state index contributed by atoms with van der Waals surface area (Å²) in [4.78, 5) is 14.2. The Hall–Kier alpha value is -1.22. The molecule has 1 fully saturated rings. The zero-order valence-corrected chi connectivity index (χ0v) is 12.3. The predicted octanol–water partition coefficient (Wildman–Crippen LogP) is 3.21. The third-order valence-electron chi connectivity index (χ3n) is 3.61. The molecule has 0 spiro atoms. The van der Waals surface area contributed by atoms with Crippen molar-refractivity contribution in [1.82, 2.24) is 4.90 Å². The molecule has 0 bridgehead atoms. The van der Waals surface area contributed by atoms with Crippen molar-refractivity contribution in [3.8, 4) is 5.75 Å². The Morgan fingerprint density at radius 1 is 1.32 bits per heavy atom. The normalized spacial score (nSPS) is 15.4. The van der Waals surface area contributed by atoms with Crippen LogP contribution in [0.1, 0.15) is 30.4 Å². The molecule has 0 N–H and O–H groups in total. The van der Waals surface area contributed by atoms with Crippen LogP contribution in [0.5, 0.6) is 5.75 Å². The van der Waals surface area contributed by atoms with Crippen LogP contribution >= 0.6 is 11.6 Å². The summed E-state index contributed by atoms with van der Waals surface area (Å²) in [5.74, 6) is 0.908. The molecule has 4 heteroatoms. The van der Waals surface area contributed by atoms with E-state index in [4.69, 9.17) is 16.3 Å². The van der Waals surface area contributed by atoms with Crippen molar-refractivity contribution < 1.29 is 9.53 Å². The second-order valence-electron chi connectivity index (χ2n) is 5.03. The van der Waals surface area contributed by atoms with Crippen LogP contribution in [0.25, 0.3) is 0 Å². The number of piperidine rings is 1. The second kappa shape index (κ2) is 6.29. The van der Waals surface area contributed by atoms with E-state index in [2.05, 4.69) is 0 Å². The lowest BCUT2D eigenvalue weighted by atomic mass is 10.1. The van der Waals surface area contributed by atoms with E-state index < -0.39 is 0 Å². The minimum Gasteiger partial charge on any atom is -0.496 e. The fourth-order valence-electron chi connectivity index (χ4n) is 2.44. The highest BCUT2D eigenvalue weighted by molar-refractivity contribution is 6.31. The number of likely N-dealkylation sites (tertiary alicyclic amines) is 1. The van der Waals surface area contributed by atoms with Gasteiger partial charge in [-0.3, -0.25) is 4.79 Å². The fourth-order valence-corrected chi connectivity index (χ4v) is 2.63.